The second-order valence-corrected chi connectivity index (χ2v) is 6.94. The quantitative estimate of drug-likeness (QED) is 0.728. The van der Waals surface area contributed by atoms with Crippen molar-refractivity contribution >= 4 is 5.78 Å². The van der Waals surface area contributed by atoms with Crippen molar-refractivity contribution in [2.75, 3.05) is 19.6 Å². The van der Waals surface area contributed by atoms with E-state index in [1.165, 1.54) is 12.1 Å². The van der Waals surface area contributed by atoms with Crippen molar-refractivity contribution in [1.29, 1.82) is 5.26 Å². The van der Waals surface area contributed by atoms with Crippen LogP contribution in [0.15, 0.2) is 54.6 Å². The number of ketones is 1. The number of Topliss-reactive ketones (excluding diaryl/α,β-unsaturated/α-hetero) is 1. The van der Waals surface area contributed by atoms with Crippen LogP contribution in [0.3, 0.4) is 0 Å². The summed E-state index contributed by atoms with van der Waals surface area (Å²) < 4.78 is 12.9. The molecule has 0 unspecified atom stereocenters. The SMILES string of the molecule is N#CC1(c2ccccc2)CCN(CCCC(=O)c2ccc(F)cc2)CC1. The molecule has 2 aromatic carbocycles. The Labute approximate surface area is 154 Å². The lowest BCUT2D eigenvalue weighted by atomic mass is 9.74. The third-order valence-electron chi connectivity index (χ3n) is 5.29. The second-order valence-electron chi connectivity index (χ2n) is 6.94. The molecule has 0 amide bonds. The summed E-state index contributed by atoms with van der Waals surface area (Å²) in [5.41, 5.74) is 1.29. The number of nitrogens with zero attached hydrogens (tertiary/aromatic N) is 2. The second kappa shape index (κ2) is 8.25. The van der Waals surface area contributed by atoms with Gasteiger partial charge in [0.25, 0.3) is 0 Å². The first-order chi connectivity index (χ1) is 12.6. The van der Waals surface area contributed by atoms with Gasteiger partial charge in [-0.1, -0.05) is 30.3 Å². The van der Waals surface area contributed by atoms with Gasteiger partial charge in [-0.15, -0.1) is 0 Å². The van der Waals surface area contributed by atoms with Crippen molar-refractivity contribution in [2.45, 2.75) is 31.1 Å². The minimum absolute atomic E-state index is 0.0534. The van der Waals surface area contributed by atoms with E-state index >= 15 is 0 Å². The predicted octanol–water partition coefficient (Wildman–Crippen LogP) is 4.35. The van der Waals surface area contributed by atoms with Crippen LogP contribution in [0.4, 0.5) is 4.39 Å². The van der Waals surface area contributed by atoms with Gasteiger partial charge in [0, 0.05) is 12.0 Å². The molecule has 1 heterocycles. The normalized spacial score (nSPS) is 16.8. The Balaban J connectivity index is 1.48. The molecule has 0 aromatic heterocycles. The fraction of sp³-hybridized carbons (Fsp3) is 0.364. The first kappa shape index (κ1) is 18.3. The van der Waals surface area contributed by atoms with Gasteiger partial charge in [0.15, 0.2) is 5.78 Å². The lowest BCUT2D eigenvalue weighted by molar-refractivity contribution is 0.0970. The van der Waals surface area contributed by atoms with Gasteiger partial charge in [-0.25, -0.2) is 4.39 Å². The van der Waals surface area contributed by atoms with Gasteiger partial charge < -0.3 is 4.90 Å². The van der Waals surface area contributed by atoms with Crippen LogP contribution in [0.5, 0.6) is 0 Å². The molecule has 3 rings (SSSR count). The highest BCUT2D eigenvalue weighted by Gasteiger charge is 2.36. The van der Waals surface area contributed by atoms with Crippen LogP contribution < -0.4 is 0 Å². The van der Waals surface area contributed by atoms with Gasteiger partial charge in [0.2, 0.25) is 0 Å². The molecule has 0 aliphatic carbocycles. The van der Waals surface area contributed by atoms with E-state index in [1.807, 2.05) is 30.3 Å². The maximum atomic E-state index is 12.9. The van der Waals surface area contributed by atoms with E-state index in [1.54, 1.807) is 12.1 Å². The number of hydrogen-bond acceptors (Lipinski definition) is 3. The van der Waals surface area contributed by atoms with Gasteiger partial charge in [0.1, 0.15) is 5.82 Å². The van der Waals surface area contributed by atoms with E-state index in [0.29, 0.717) is 12.0 Å². The number of rotatable bonds is 6. The zero-order valence-corrected chi connectivity index (χ0v) is 14.8. The minimum Gasteiger partial charge on any atom is -0.303 e. The van der Waals surface area contributed by atoms with Gasteiger partial charge in [-0.05, 0) is 68.7 Å². The zero-order chi connectivity index (χ0) is 18.4. The number of benzene rings is 2. The Bertz CT molecular complexity index is 772. The van der Waals surface area contributed by atoms with Crippen molar-refractivity contribution in [1.82, 2.24) is 4.90 Å². The third-order valence-corrected chi connectivity index (χ3v) is 5.29. The van der Waals surface area contributed by atoms with Crippen LogP contribution in [0, 0.1) is 17.1 Å². The fourth-order valence-corrected chi connectivity index (χ4v) is 3.62. The lowest BCUT2D eigenvalue weighted by Crippen LogP contribution is -2.42. The van der Waals surface area contributed by atoms with Crippen molar-refractivity contribution in [3.8, 4) is 6.07 Å². The number of carbonyl (C=O) groups is 1. The Hall–Kier alpha value is -2.51. The summed E-state index contributed by atoms with van der Waals surface area (Å²) in [5, 5.41) is 9.74. The van der Waals surface area contributed by atoms with Gasteiger partial charge in [-0.3, -0.25) is 4.79 Å². The molecule has 26 heavy (non-hydrogen) atoms. The van der Waals surface area contributed by atoms with Crippen LogP contribution in [0.25, 0.3) is 0 Å². The van der Waals surface area contributed by atoms with E-state index in [9.17, 15) is 14.4 Å². The molecule has 0 saturated carbocycles. The van der Waals surface area contributed by atoms with E-state index in [-0.39, 0.29) is 17.0 Å². The zero-order valence-electron chi connectivity index (χ0n) is 14.8. The van der Waals surface area contributed by atoms with Crippen molar-refractivity contribution in [3.05, 3.63) is 71.5 Å². The molecule has 0 radical (unpaired) electrons. The number of nitriles is 1. The van der Waals surface area contributed by atoms with E-state index in [4.69, 9.17) is 0 Å². The molecule has 0 N–H and O–H groups in total. The van der Waals surface area contributed by atoms with Crippen molar-refractivity contribution in [2.24, 2.45) is 0 Å². The lowest BCUT2D eigenvalue weighted by Gasteiger charge is -2.37. The predicted molar refractivity (Wildman–Crippen MR) is 99.4 cm³/mol. The molecule has 0 spiro atoms. The monoisotopic (exact) mass is 350 g/mol. The van der Waals surface area contributed by atoms with Gasteiger partial charge in [0.05, 0.1) is 11.5 Å². The van der Waals surface area contributed by atoms with Crippen LogP contribution in [-0.2, 0) is 5.41 Å². The highest BCUT2D eigenvalue weighted by molar-refractivity contribution is 5.95. The summed E-state index contributed by atoms with van der Waals surface area (Å²) >= 11 is 0. The fourth-order valence-electron chi connectivity index (χ4n) is 3.62. The molecular weight excluding hydrogens is 327 g/mol. The summed E-state index contributed by atoms with van der Waals surface area (Å²) in [6, 6.07) is 18.3. The standard InChI is InChI=1S/C22H23FN2O/c23-20-10-8-18(9-11-20)21(26)7-4-14-25-15-12-22(17-24,13-16-25)19-5-2-1-3-6-19/h1-3,5-6,8-11H,4,7,12-16H2. The molecule has 3 nitrogen and oxygen atoms in total. The van der Waals surface area contributed by atoms with Gasteiger partial charge >= 0.3 is 0 Å². The molecule has 1 saturated heterocycles. The number of likely N-dealkylation sites (tertiary alicyclic amines) is 1. The number of hydrogen-bond donors (Lipinski definition) is 0. The van der Waals surface area contributed by atoms with Crippen LogP contribution in [0.1, 0.15) is 41.6 Å². The average molecular weight is 350 g/mol. The minimum atomic E-state index is -0.387. The first-order valence-corrected chi connectivity index (χ1v) is 9.11. The average Bonchev–Trinajstić information content (AvgIpc) is 2.70. The first-order valence-electron chi connectivity index (χ1n) is 9.11. The Morgan fingerprint density at radius 3 is 2.35 bits per heavy atom. The van der Waals surface area contributed by atoms with Crippen molar-refractivity contribution < 1.29 is 9.18 Å². The molecule has 1 fully saturated rings. The molecular formula is C22H23FN2O. The maximum Gasteiger partial charge on any atom is 0.162 e. The highest BCUT2D eigenvalue weighted by atomic mass is 19.1. The van der Waals surface area contributed by atoms with Crippen LogP contribution >= 0.6 is 0 Å². The number of halogens is 1. The van der Waals surface area contributed by atoms with Crippen molar-refractivity contribution in [3.63, 3.8) is 0 Å². The smallest absolute Gasteiger partial charge is 0.162 e. The molecule has 0 atom stereocenters. The summed E-state index contributed by atoms with van der Waals surface area (Å²) in [5.74, 6) is -0.271. The number of piperidine rings is 1. The third kappa shape index (κ3) is 4.17. The van der Waals surface area contributed by atoms with Gasteiger partial charge in [-0.2, -0.15) is 5.26 Å². The molecule has 4 heteroatoms. The van der Waals surface area contributed by atoms with E-state index in [2.05, 4.69) is 11.0 Å². The topological polar surface area (TPSA) is 44.1 Å². The van der Waals surface area contributed by atoms with E-state index < -0.39 is 0 Å². The number of carbonyl (C=O) groups excluding carboxylic acids is 1. The molecule has 1 aliphatic heterocycles. The summed E-state index contributed by atoms with van der Waals surface area (Å²) in [6.07, 6.45) is 2.88. The summed E-state index contributed by atoms with van der Waals surface area (Å²) in [6.45, 7) is 2.59. The summed E-state index contributed by atoms with van der Waals surface area (Å²) in [4.78, 5) is 14.5. The largest absolute Gasteiger partial charge is 0.303 e. The maximum absolute atomic E-state index is 12.9. The van der Waals surface area contributed by atoms with Crippen LogP contribution in [0.2, 0.25) is 0 Å². The molecule has 1 aliphatic rings. The highest BCUT2D eigenvalue weighted by Crippen LogP contribution is 2.34. The summed E-state index contributed by atoms with van der Waals surface area (Å²) in [7, 11) is 0. The Morgan fingerprint density at radius 2 is 1.73 bits per heavy atom. The Kier molecular flexibility index (Phi) is 5.80. The van der Waals surface area contributed by atoms with E-state index in [0.717, 1.165) is 44.5 Å². The Morgan fingerprint density at radius 1 is 1.08 bits per heavy atom. The van der Waals surface area contributed by atoms with Crippen LogP contribution in [-0.4, -0.2) is 30.3 Å². The molecule has 0 bridgehead atoms. The molecule has 134 valence electrons. The molecule has 2 aromatic rings.